The predicted octanol–water partition coefficient (Wildman–Crippen LogP) is -1.84. The number of rotatable bonds is 1. The van der Waals surface area contributed by atoms with E-state index in [1.807, 2.05) is 27.8 Å². The van der Waals surface area contributed by atoms with Crippen molar-refractivity contribution in [3.63, 3.8) is 0 Å². The monoisotopic (exact) mass is 403 g/mol. The molecule has 4 aliphatic heterocycles. The number of nitrogens with two attached hydrogens (primary N) is 3. The number of amides is 1. The Kier molecular flexibility index (Phi) is 2.90. The van der Waals surface area contributed by atoms with Gasteiger partial charge in [0.1, 0.15) is 5.69 Å². The topological polar surface area (TPSA) is 152 Å². The highest BCUT2D eigenvalue weighted by Crippen LogP contribution is 2.62. The van der Waals surface area contributed by atoms with Gasteiger partial charge in [0.15, 0.2) is 23.7 Å². The normalized spacial score (nSPS) is 45.1. The maximum atomic E-state index is 13.4. The SMILES string of the molecule is NC[C@H]1[C@H]2CN3C(=O)c4cccn4[C@H]4N=C(N)N[C@]43[C@H]2[C@]2(CN=C(N)N2)[C@H]1Cl. The molecule has 7 atom stereocenters. The molecule has 2 spiro atoms. The summed E-state index contributed by atoms with van der Waals surface area (Å²) in [5.41, 5.74) is 17.5. The van der Waals surface area contributed by atoms with Crippen LogP contribution in [0.5, 0.6) is 0 Å². The van der Waals surface area contributed by atoms with Gasteiger partial charge in [-0.25, -0.2) is 4.99 Å². The van der Waals surface area contributed by atoms with Crippen LogP contribution >= 0.6 is 11.6 Å². The minimum Gasteiger partial charge on any atom is -0.370 e. The van der Waals surface area contributed by atoms with E-state index in [2.05, 4.69) is 20.6 Å². The van der Waals surface area contributed by atoms with Crippen LogP contribution in [-0.2, 0) is 0 Å². The number of carbonyl (C=O) groups excluding carboxylic acids is 1. The molecule has 1 aliphatic carbocycles. The van der Waals surface area contributed by atoms with Crippen molar-refractivity contribution < 1.29 is 4.79 Å². The van der Waals surface area contributed by atoms with Gasteiger partial charge in [0, 0.05) is 18.7 Å². The van der Waals surface area contributed by atoms with Crippen molar-refractivity contribution in [2.24, 2.45) is 44.9 Å². The molecule has 28 heavy (non-hydrogen) atoms. The number of carbonyl (C=O) groups is 1. The Bertz CT molecular complexity index is 958. The van der Waals surface area contributed by atoms with Crippen molar-refractivity contribution in [2.75, 3.05) is 19.6 Å². The first kappa shape index (κ1) is 16.5. The van der Waals surface area contributed by atoms with E-state index in [9.17, 15) is 4.79 Å². The number of guanidine groups is 2. The van der Waals surface area contributed by atoms with Gasteiger partial charge in [0.2, 0.25) is 0 Å². The molecule has 1 aromatic heterocycles. The Morgan fingerprint density at radius 2 is 2.14 bits per heavy atom. The number of nitrogens with one attached hydrogen (secondary N) is 2. The molecule has 2 fully saturated rings. The molecule has 8 N–H and O–H groups in total. The van der Waals surface area contributed by atoms with Crippen molar-refractivity contribution >= 4 is 29.4 Å². The van der Waals surface area contributed by atoms with E-state index in [-0.39, 0.29) is 35.2 Å². The van der Waals surface area contributed by atoms with Gasteiger partial charge in [-0.05, 0) is 30.5 Å². The second-order valence-corrected chi connectivity index (χ2v) is 8.83. The molecule has 1 saturated carbocycles. The lowest BCUT2D eigenvalue weighted by Gasteiger charge is -2.50. The Hall–Kier alpha value is -2.46. The van der Waals surface area contributed by atoms with Gasteiger partial charge in [0.25, 0.3) is 5.91 Å². The van der Waals surface area contributed by atoms with Crippen molar-refractivity contribution in [2.45, 2.75) is 22.7 Å². The van der Waals surface area contributed by atoms with E-state index in [1.165, 1.54) is 0 Å². The summed E-state index contributed by atoms with van der Waals surface area (Å²) in [6, 6.07) is 3.68. The molecule has 0 bridgehead atoms. The summed E-state index contributed by atoms with van der Waals surface area (Å²) in [7, 11) is 0. The zero-order valence-corrected chi connectivity index (χ0v) is 15.8. The highest BCUT2D eigenvalue weighted by molar-refractivity contribution is 6.22. The fourth-order valence-electron chi connectivity index (χ4n) is 6.48. The van der Waals surface area contributed by atoms with Crippen LogP contribution in [-0.4, -0.2) is 63.5 Å². The van der Waals surface area contributed by atoms with E-state index < -0.39 is 11.2 Å². The molecule has 5 aliphatic rings. The highest BCUT2D eigenvalue weighted by Gasteiger charge is 2.77. The van der Waals surface area contributed by atoms with Crippen LogP contribution in [0.25, 0.3) is 0 Å². The lowest BCUT2D eigenvalue weighted by Crippen LogP contribution is -2.72. The Morgan fingerprint density at radius 3 is 2.86 bits per heavy atom. The molecule has 11 heteroatoms. The van der Waals surface area contributed by atoms with Gasteiger partial charge < -0.3 is 37.3 Å². The van der Waals surface area contributed by atoms with Gasteiger partial charge in [-0.2, -0.15) is 0 Å². The van der Waals surface area contributed by atoms with E-state index in [1.54, 1.807) is 0 Å². The molecule has 0 radical (unpaired) electrons. The molecular formula is C17H22ClN9O. The van der Waals surface area contributed by atoms with Crippen LogP contribution in [0, 0.1) is 17.8 Å². The Labute approximate surface area is 166 Å². The number of nitrogens with zero attached hydrogens (tertiary/aromatic N) is 4. The molecule has 148 valence electrons. The van der Waals surface area contributed by atoms with E-state index in [4.69, 9.17) is 28.8 Å². The zero-order valence-electron chi connectivity index (χ0n) is 15.0. The van der Waals surface area contributed by atoms with Crippen molar-refractivity contribution in [3.05, 3.63) is 24.0 Å². The third kappa shape index (κ3) is 1.56. The summed E-state index contributed by atoms with van der Waals surface area (Å²) < 4.78 is 1.90. The smallest absolute Gasteiger partial charge is 0.272 e. The highest BCUT2D eigenvalue weighted by atomic mass is 35.5. The second kappa shape index (κ2) is 4.93. The van der Waals surface area contributed by atoms with E-state index in [0.29, 0.717) is 37.2 Å². The number of aromatic nitrogens is 1. The minimum absolute atomic E-state index is 0.0108. The summed E-state index contributed by atoms with van der Waals surface area (Å²) in [4.78, 5) is 24.4. The minimum atomic E-state index is -0.831. The summed E-state index contributed by atoms with van der Waals surface area (Å²) >= 11 is 7.00. The van der Waals surface area contributed by atoms with Gasteiger partial charge in [-0.15, -0.1) is 11.6 Å². The van der Waals surface area contributed by atoms with Gasteiger partial charge in [0.05, 0.1) is 17.5 Å². The first-order valence-corrected chi connectivity index (χ1v) is 9.90. The summed E-state index contributed by atoms with van der Waals surface area (Å²) in [6.07, 6.45) is 1.49. The van der Waals surface area contributed by atoms with Crippen molar-refractivity contribution in [3.8, 4) is 0 Å². The van der Waals surface area contributed by atoms with Crippen LogP contribution in [0.15, 0.2) is 28.3 Å². The number of alkyl halides is 1. The number of hydrogen-bond donors (Lipinski definition) is 5. The fourth-order valence-corrected chi connectivity index (χ4v) is 7.03. The molecule has 0 aromatic carbocycles. The number of aliphatic imine (C=N–C) groups is 2. The lowest BCUT2D eigenvalue weighted by molar-refractivity contribution is 0.00196. The Morgan fingerprint density at radius 1 is 1.32 bits per heavy atom. The molecule has 5 heterocycles. The number of fused-ring (bicyclic) bond motifs is 4. The van der Waals surface area contributed by atoms with E-state index >= 15 is 0 Å². The van der Waals surface area contributed by atoms with Gasteiger partial charge in [-0.1, -0.05) is 0 Å². The molecule has 1 aromatic rings. The van der Waals surface area contributed by atoms with Crippen LogP contribution in [0.1, 0.15) is 16.7 Å². The number of hydrogen-bond acceptors (Lipinski definition) is 8. The quantitative estimate of drug-likeness (QED) is 0.347. The molecule has 0 unspecified atom stereocenters. The molecule has 1 saturated heterocycles. The zero-order chi connectivity index (χ0) is 19.4. The molecule has 1 amide bonds. The van der Waals surface area contributed by atoms with Crippen LogP contribution < -0.4 is 27.8 Å². The first-order chi connectivity index (χ1) is 13.4. The summed E-state index contributed by atoms with van der Waals surface area (Å²) in [5.74, 6) is 0.605. The maximum Gasteiger partial charge on any atom is 0.272 e. The van der Waals surface area contributed by atoms with E-state index in [0.717, 1.165) is 0 Å². The Balaban J connectivity index is 1.58. The summed E-state index contributed by atoms with van der Waals surface area (Å²) in [6.45, 7) is 1.39. The molecule has 6 rings (SSSR count). The first-order valence-electron chi connectivity index (χ1n) is 9.46. The average Bonchev–Trinajstić information content (AvgIpc) is 3.42. The maximum absolute atomic E-state index is 13.4. The van der Waals surface area contributed by atoms with Crippen LogP contribution in [0.3, 0.4) is 0 Å². The molecular weight excluding hydrogens is 382 g/mol. The third-order valence-corrected chi connectivity index (χ3v) is 8.06. The average molecular weight is 404 g/mol. The predicted molar refractivity (Wildman–Crippen MR) is 104 cm³/mol. The summed E-state index contributed by atoms with van der Waals surface area (Å²) in [5, 5.41) is 6.46. The van der Waals surface area contributed by atoms with Crippen LogP contribution in [0.2, 0.25) is 0 Å². The van der Waals surface area contributed by atoms with Crippen molar-refractivity contribution in [1.29, 1.82) is 0 Å². The number of halogens is 1. The second-order valence-electron chi connectivity index (χ2n) is 8.36. The molecule has 10 nitrogen and oxygen atoms in total. The standard InChI is InChI=1S/C17H22ClN9O/c18-11-7(4-19)8-5-27-12(28)9-2-1-3-26(9)13-17(27,25-15(21)23-13)10(8)16(11)6-22-14(20)24-16/h1-3,7-8,10-11,13H,4-6,19H2,(H3,20,22,24)(H3,21,23,25)/t7-,8+,10+,11-,13+,16+,17-/m0/s1. The third-order valence-electron chi connectivity index (χ3n) is 7.35. The largest absolute Gasteiger partial charge is 0.370 e. The van der Waals surface area contributed by atoms with Crippen LogP contribution in [0.4, 0.5) is 0 Å². The fraction of sp³-hybridized carbons (Fsp3) is 0.588. The van der Waals surface area contributed by atoms with Gasteiger partial charge in [-0.3, -0.25) is 9.79 Å². The van der Waals surface area contributed by atoms with Gasteiger partial charge >= 0.3 is 0 Å². The lowest BCUT2D eigenvalue weighted by atomic mass is 9.74. The van der Waals surface area contributed by atoms with Crippen molar-refractivity contribution in [1.82, 2.24) is 20.1 Å².